The van der Waals surface area contributed by atoms with Crippen LogP contribution in [-0.2, 0) is 19.0 Å². The maximum atomic E-state index is 12.3. The molecule has 0 aliphatic carbocycles. The molecule has 0 aliphatic heterocycles. The number of esters is 1. The summed E-state index contributed by atoms with van der Waals surface area (Å²) in [6.45, 7) is 20.1. The van der Waals surface area contributed by atoms with Crippen molar-refractivity contribution >= 4 is 21.9 Å². The van der Waals surface area contributed by atoms with Crippen LogP contribution in [0.15, 0.2) is 0 Å². The zero-order chi connectivity index (χ0) is 26.6. The highest BCUT2D eigenvalue weighted by molar-refractivity contribution is 9.09. The molecule has 0 aromatic carbocycles. The monoisotopic (exact) mass is 562 g/mol. The summed E-state index contributed by atoms with van der Waals surface area (Å²) in [6, 6.07) is 0. The molecule has 210 valence electrons. The summed E-state index contributed by atoms with van der Waals surface area (Å²) in [6.07, 6.45) is 9.72. The Bertz CT molecular complexity index is 465. The van der Waals surface area contributed by atoms with Crippen molar-refractivity contribution in [3.05, 3.63) is 0 Å². The Hall–Kier alpha value is -0.130. The average molecular weight is 564 g/mol. The van der Waals surface area contributed by atoms with Crippen LogP contribution in [0.1, 0.15) is 120 Å². The SMILES string of the molecule is CC(C)CCC(COC(CCC(=O)OCCCCCCBr)OCC(CCC(C)C)C(C)C)C(C)C. The maximum absolute atomic E-state index is 12.3. The van der Waals surface area contributed by atoms with Gasteiger partial charge in [-0.25, -0.2) is 0 Å². The second-order valence-corrected chi connectivity index (χ2v) is 12.7. The van der Waals surface area contributed by atoms with E-state index < -0.39 is 0 Å². The molecule has 0 rings (SSSR count). The van der Waals surface area contributed by atoms with Crippen molar-refractivity contribution in [1.82, 2.24) is 0 Å². The van der Waals surface area contributed by atoms with E-state index in [1.54, 1.807) is 0 Å². The lowest BCUT2D eigenvalue weighted by molar-refractivity contribution is -0.171. The van der Waals surface area contributed by atoms with Gasteiger partial charge in [-0.05, 0) is 61.2 Å². The van der Waals surface area contributed by atoms with Crippen LogP contribution in [0, 0.1) is 35.5 Å². The van der Waals surface area contributed by atoms with Crippen molar-refractivity contribution in [2.75, 3.05) is 25.2 Å². The Morgan fingerprint density at radius 3 is 1.57 bits per heavy atom. The molecule has 4 nitrogen and oxygen atoms in total. The van der Waals surface area contributed by atoms with Gasteiger partial charge in [-0.3, -0.25) is 4.79 Å². The van der Waals surface area contributed by atoms with Crippen LogP contribution in [0.2, 0.25) is 0 Å². The third-order valence-electron chi connectivity index (χ3n) is 6.98. The number of hydrogen-bond donors (Lipinski definition) is 0. The Morgan fingerprint density at radius 1 is 0.657 bits per heavy atom. The van der Waals surface area contributed by atoms with E-state index in [-0.39, 0.29) is 12.3 Å². The van der Waals surface area contributed by atoms with Crippen LogP contribution in [0.5, 0.6) is 0 Å². The minimum Gasteiger partial charge on any atom is -0.466 e. The minimum atomic E-state index is -0.345. The first-order valence-electron chi connectivity index (χ1n) is 14.5. The van der Waals surface area contributed by atoms with Gasteiger partial charge in [0.15, 0.2) is 6.29 Å². The Kier molecular flexibility index (Phi) is 21.8. The molecule has 0 amide bonds. The molecule has 0 aliphatic rings. The maximum Gasteiger partial charge on any atom is 0.305 e. The van der Waals surface area contributed by atoms with E-state index in [0.717, 1.165) is 18.2 Å². The number of carbonyl (C=O) groups excluding carboxylic acids is 1. The second-order valence-electron chi connectivity index (χ2n) is 11.9. The van der Waals surface area contributed by atoms with E-state index in [0.29, 0.717) is 68.2 Å². The summed E-state index contributed by atoms with van der Waals surface area (Å²) in [5.41, 5.74) is 0. The summed E-state index contributed by atoms with van der Waals surface area (Å²) in [5.74, 6) is 3.42. The second kappa shape index (κ2) is 21.9. The third-order valence-corrected chi connectivity index (χ3v) is 7.54. The molecule has 5 heteroatoms. The Labute approximate surface area is 227 Å². The molecule has 0 radical (unpaired) electrons. The number of halogens is 1. The fourth-order valence-corrected chi connectivity index (χ4v) is 4.43. The largest absolute Gasteiger partial charge is 0.466 e. The molecule has 0 aromatic heterocycles. The molecule has 0 N–H and O–H groups in total. The van der Waals surface area contributed by atoms with Crippen LogP contribution < -0.4 is 0 Å². The van der Waals surface area contributed by atoms with Crippen molar-refractivity contribution in [3.8, 4) is 0 Å². The van der Waals surface area contributed by atoms with E-state index in [1.807, 2.05) is 0 Å². The molecular weight excluding hydrogens is 504 g/mol. The zero-order valence-corrected chi connectivity index (χ0v) is 26.0. The minimum absolute atomic E-state index is 0.136. The summed E-state index contributed by atoms with van der Waals surface area (Å²) >= 11 is 3.45. The molecule has 35 heavy (non-hydrogen) atoms. The van der Waals surface area contributed by atoms with Gasteiger partial charge in [0.2, 0.25) is 0 Å². The van der Waals surface area contributed by atoms with Gasteiger partial charge in [0, 0.05) is 11.8 Å². The lowest BCUT2D eigenvalue weighted by Gasteiger charge is -2.28. The van der Waals surface area contributed by atoms with Crippen molar-refractivity contribution in [2.45, 2.75) is 126 Å². The highest BCUT2D eigenvalue weighted by atomic mass is 79.9. The lowest BCUT2D eigenvalue weighted by atomic mass is 9.89. The Morgan fingerprint density at radius 2 is 1.14 bits per heavy atom. The molecular formula is C30H59BrO4. The molecule has 0 saturated heterocycles. The molecule has 2 unspecified atom stereocenters. The van der Waals surface area contributed by atoms with E-state index in [9.17, 15) is 4.79 Å². The normalized spacial score (nSPS) is 14.8. The summed E-state index contributed by atoms with van der Waals surface area (Å²) in [7, 11) is 0. The molecule has 0 fully saturated rings. The van der Waals surface area contributed by atoms with Crippen molar-refractivity contribution in [3.63, 3.8) is 0 Å². The van der Waals surface area contributed by atoms with Gasteiger partial charge in [-0.15, -0.1) is 0 Å². The van der Waals surface area contributed by atoms with Gasteiger partial charge < -0.3 is 14.2 Å². The highest BCUT2D eigenvalue weighted by Crippen LogP contribution is 2.24. The van der Waals surface area contributed by atoms with Gasteiger partial charge in [0.1, 0.15) is 0 Å². The first-order chi connectivity index (χ1) is 16.6. The van der Waals surface area contributed by atoms with Gasteiger partial charge >= 0.3 is 5.97 Å². The Balaban J connectivity index is 4.83. The van der Waals surface area contributed by atoms with Gasteiger partial charge in [-0.2, -0.15) is 0 Å². The molecule has 0 saturated carbocycles. The number of rotatable bonds is 23. The highest BCUT2D eigenvalue weighted by Gasteiger charge is 2.22. The summed E-state index contributed by atoms with van der Waals surface area (Å²) in [4.78, 5) is 12.3. The summed E-state index contributed by atoms with van der Waals surface area (Å²) in [5, 5.41) is 1.04. The fourth-order valence-electron chi connectivity index (χ4n) is 4.03. The van der Waals surface area contributed by atoms with Crippen LogP contribution >= 0.6 is 15.9 Å². The molecule has 0 heterocycles. The van der Waals surface area contributed by atoms with Crippen LogP contribution in [0.4, 0.5) is 0 Å². The predicted molar refractivity (Wildman–Crippen MR) is 153 cm³/mol. The first-order valence-corrected chi connectivity index (χ1v) is 15.6. The lowest BCUT2D eigenvalue weighted by Crippen LogP contribution is -2.28. The fraction of sp³-hybridized carbons (Fsp3) is 0.967. The molecule has 0 bridgehead atoms. The number of ether oxygens (including phenoxy) is 3. The van der Waals surface area contributed by atoms with Gasteiger partial charge in [-0.1, -0.05) is 97.0 Å². The zero-order valence-electron chi connectivity index (χ0n) is 24.5. The number of alkyl halides is 1. The predicted octanol–water partition coefficient (Wildman–Crippen LogP) is 9.04. The van der Waals surface area contributed by atoms with E-state index in [1.165, 1.54) is 38.5 Å². The van der Waals surface area contributed by atoms with Crippen LogP contribution in [0.25, 0.3) is 0 Å². The number of carbonyl (C=O) groups is 1. The standard InChI is InChI=1S/C30H59BrO4/c1-23(2)13-15-27(25(5)6)21-34-30(35-22-28(26(7)8)16-14-24(3)4)18-17-29(32)33-20-12-10-9-11-19-31/h23-28,30H,9-22H2,1-8H3. The van der Waals surface area contributed by atoms with Gasteiger partial charge in [0.05, 0.1) is 26.2 Å². The molecule has 0 aromatic rings. The van der Waals surface area contributed by atoms with E-state index in [4.69, 9.17) is 14.2 Å². The quantitative estimate of drug-likeness (QED) is 0.0538. The van der Waals surface area contributed by atoms with Crippen LogP contribution in [-0.4, -0.2) is 37.4 Å². The van der Waals surface area contributed by atoms with Gasteiger partial charge in [0.25, 0.3) is 0 Å². The summed E-state index contributed by atoms with van der Waals surface area (Å²) < 4.78 is 18.1. The number of unbranched alkanes of at least 4 members (excludes halogenated alkanes) is 3. The molecule has 0 spiro atoms. The average Bonchev–Trinajstić information content (AvgIpc) is 2.77. The third kappa shape index (κ3) is 20.6. The van der Waals surface area contributed by atoms with Crippen molar-refractivity contribution in [1.29, 1.82) is 0 Å². The first kappa shape index (κ1) is 34.9. The van der Waals surface area contributed by atoms with E-state index in [2.05, 4.69) is 71.3 Å². The van der Waals surface area contributed by atoms with Crippen molar-refractivity contribution in [2.24, 2.45) is 35.5 Å². The van der Waals surface area contributed by atoms with E-state index >= 15 is 0 Å². The van der Waals surface area contributed by atoms with Crippen LogP contribution in [0.3, 0.4) is 0 Å². The smallest absolute Gasteiger partial charge is 0.305 e. The molecule has 2 atom stereocenters. The topological polar surface area (TPSA) is 44.8 Å². The van der Waals surface area contributed by atoms with Crippen molar-refractivity contribution < 1.29 is 19.0 Å². The number of hydrogen-bond acceptors (Lipinski definition) is 4.